The number of aliphatic hydroxyl groups excluding tert-OH is 1. The van der Waals surface area contributed by atoms with E-state index < -0.39 is 0 Å². The van der Waals surface area contributed by atoms with Crippen molar-refractivity contribution < 1.29 is 14.6 Å². The van der Waals surface area contributed by atoms with E-state index in [1.54, 1.807) is 0 Å². The second-order valence-corrected chi connectivity index (χ2v) is 4.41. The highest BCUT2D eigenvalue weighted by Crippen LogP contribution is 2.03. The van der Waals surface area contributed by atoms with Gasteiger partial charge in [-0.1, -0.05) is 6.08 Å². The number of morpholine rings is 1. The van der Waals surface area contributed by atoms with Crippen LogP contribution in [0.5, 0.6) is 0 Å². The molecule has 0 saturated carbocycles. The zero-order valence-electron chi connectivity index (χ0n) is 11.0. The van der Waals surface area contributed by atoms with Gasteiger partial charge in [-0.2, -0.15) is 0 Å². The smallest absolute Gasteiger partial charge is 0.222 e. The fraction of sp³-hybridized carbons (Fsp3) is 0.769. The predicted molar refractivity (Wildman–Crippen MR) is 70.4 cm³/mol. The van der Waals surface area contributed by atoms with E-state index in [0.29, 0.717) is 39.3 Å². The van der Waals surface area contributed by atoms with Gasteiger partial charge in [-0.15, -0.1) is 6.58 Å². The molecule has 1 aliphatic heterocycles. The Morgan fingerprint density at radius 1 is 1.39 bits per heavy atom. The topological polar surface area (TPSA) is 53.0 Å². The summed E-state index contributed by atoms with van der Waals surface area (Å²) in [6, 6.07) is 0. The minimum absolute atomic E-state index is 0.144. The number of aliphatic hydroxyl groups is 1. The number of carbonyl (C=O) groups excluding carboxylic acids is 1. The molecule has 1 saturated heterocycles. The van der Waals surface area contributed by atoms with E-state index >= 15 is 0 Å². The highest BCUT2D eigenvalue weighted by Gasteiger charge is 2.16. The van der Waals surface area contributed by atoms with Crippen LogP contribution in [-0.4, -0.2) is 73.4 Å². The Morgan fingerprint density at radius 2 is 2.11 bits per heavy atom. The van der Waals surface area contributed by atoms with Gasteiger partial charge in [0.2, 0.25) is 5.91 Å². The highest BCUT2D eigenvalue weighted by atomic mass is 16.5. The van der Waals surface area contributed by atoms with E-state index in [9.17, 15) is 4.79 Å². The van der Waals surface area contributed by atoms with Gasteiger partial charge >= 0.3 is 0 Å². The van der Waals surface area contributed by atoms with E-state index in [1.165, 1.54) is 0 Å². The standard InChI is InChI=1S/C13H24N2O3/c1-2-5-14(7-10-16)6-3-4-13(17)15-8-11-18-12-9-15/h2,16H,1,3-12H2. The summed E-state index contributed by atoms with van der Waals surface area (Å²) >= 11 is 0. The molecule has 0 aliphatic carbocycles. The molecule has 1 rings (SSSR count). The molecule has 0 aromatic rings. The average molecular weight is 256 g/mol. The van der Waals surface area contributed by atoms with Crippen LogP contribution in [-0.2, 0) is 9.53 Å². The second-order valence-electron chi connectivity index (χ2n) is 4.41. The zero-order chi connectivity index (χ0) is 13.2. The van der Waals surface area contributed by atoms with Crippen molar-refractivity contribution in [3.8, 4) is 0 Å². The van der Waals surface area contributed by atoms with E-state index in [-0.39, 0.29) is 12.5 Å². The number of nitrogens with zero attached hydrogens (tertiary/aromatic N) is 2. The van der Waals surface area contributed by atoms with Crippen molar-refractivity contribution in [2.24, 2.45) is 0 Å². The Hall–Kier alpha value is -0.910. The lowest BCUT2D eigenvalue weighted by Gasteiger charge is -2.27. The van der Waals surface area contributed by atoms with Crippen LogP contribution in [0.4, 0.5) is 0 Å². The Bertz CT molecular complexity index is 253. The Morgan fingerprint density at radius 3 is 2.72 bits per heavy atom. The number of carbonyl (C=O) groups is 1. The summed E-state index contributed by atoms with van der Waals surface area (Å²) < 4.78 is 5.22. The van der Waals surface area contributed by atoms with Crippen LogP contribution in [0, 0.1) is 0 Å². The van der Waals surface area contributed by atoms with Gasteiger partial charge in [0.25, 0.3) is 0 Å². The maximum absolute atomic E-state index is 11.9. The maximum atomic E-state index is 11.9. The van der Waals surface area contributed by atoms with Gasteiger partial charge in [0.05, 0.1) is 19.8 Å². The molecule has 0 aromatic heterocycles. The van der Waals surface area contributed by atoms with Crippen LogP contribution in [0.25, 0.3) is 0 Å². The van der Waals surface area contributed by atoms with Crippen molar-refractivity contribution >= 4 is 5.91 Å². The largest absolute Gasteiger partial charge is 0.395 e. The molecule has 0 atom stereocenters. The number of ether oxygens (including phenoxy) is 1. The quantitative estimate of drug-likeness (QED) is 0.626. The summed E-state index contributed by atoms with van der Waals surface area (Å²) in [5.41, 5.74) is 0. The molecule has 0 radical (unpaired) electrons. The molecule has 5 nitrogen and oxygen atoms in total. The summed E-state index contributed by atoms with van der Waals surface area (Å²) in [5.74, 6) is 0.209. The molecule has 18 heavy (non-hydrogen) atoms. The average Bonchev–Trinajstić information content (AvgIpc) is 2.40. The van der Waals surface area contributed by atoms with Gasteiger partial charge in [0.1, 0.15) is 0 Å². The van der Waals surface area contributed by atoms with Gasteiger partial charge in [0, 0.05) is 32.6 Å². The summed E-state index contributed by atoms with van der Waals surface area (Å²) in [5, 5.41) is 8.91. The Kier molecular flexibility index (Phi) is 7.64. The van der Waals surface area contributed by atoms with Crippen LogP contribution in [0.1, 0.15) is 12.8 Å². The third kappa shape index (κ3) is 5.62. The molecule has 0 unspecified atom stereocenters. The third-order valence-corrected chi connectivity index (χ3v) is 3.03. The Labute approximate surface area is 109 Å². The minimum Gasteiger partial charge on any atom is -0.395 e. The van der Waals surface area contributed by atoms with Crippen LogP contribution < -0.4 is 0 Å². The molecule has 1 amide bonds. The summed E-state index contributed by atoms with van der Waals surface area (Å²) in [4.78, 5) is 15.8. The molecule has 1 aliphatic rings. The first-order valence-electron chi connectivity index (χ1n) is 6.57. The normalized spacial score (nSPS) is 16.0. The lowest BCUT2D eigenvalue weighted by molar-refractivity contribution is -0.135. The predicted octanol–water partition coefficient (Wildman–Crippen LogP) is 0.106. The molecule has 5 heteroatoms. The third-order valence-electron chi connectivity index (χ3n) is 3.03. The van der Waals surface area contributed by atoms with Gasteiger partial charge in [0.15, 0.2) is 0 Å². The molecular weight excluding hydrogens is 232 g/mol. The molecule has 1 fully saturated rings. The summed E-state index contributed by atoms with van der Waals surface area (Å²) in [7, 11) is 0. The first-order chi connectivity index (χ1) is 8.77. The van der Waals surface area contributed by atoms with Crippen molar-refractivity contribution in [1.82, 2.24) is 9.80 Å². The molecule has 0 bridgehead atoms. The van der Waals surface area contributed by atoms with Gasteiger partial charge in [-0.3, -0.25) is 9.69 Å². The maximum Gasteiger partial charge on any atom is 0.222 e. The number of rotatable bonds is 8. The molecule has 0 spiro atoms. The lowest BCUT2D eigenvalue weighted by atomic mass is 10.2. The van der Waals surface area contributed by atoms with Crippen LogP contribution in [0.15, 0.2) is 12.7 Å². The number of amides is 1. The summed E-state index contributed by atoms with van der Waals surface area (Å²) in [6.07, 6.45) is 3.21. The van der Waals surface area contributed by atoms with E-state index in [0.717, 1.165) is 19.5 Å². The van der Waals surface area contributed by atoms with Gasteiger partial charge in [-0.05, 0) is 13.0 Å². The van der Waals surface area contributed by atoms with Crippen LogP contribution in [0.2, 0.25) is 0 Å². The summed E-state index contributed by atoms with van der Waals surface area (Å²) in [6.45, 7) is 8.78. The van der Waals surface area contributed by atoms with E-state index in [1.807, 2.05) is 11.0 Å². The Balaban J connectivity index is 2.18. The van der Waals surface area contributed by atoms with Crippen LogP contribution in [0.3, 0.4) is 0 Å². The van der Waals surface area contributed by atoms with E-state index in [4.69, 9.17) is 9.84 Å². The second kappa shape index (κ2) is 9.08. The van der Waals surface area contributed by atoms with Crippen molar-refractivity contribution in [1.29, 1.82) is 0 Å². The molecular formula is C13H24N2O3. The van der Waals surface area contributed by atoms with Gasteiger partial charge in [-0.25, -0.2) is 0 Å². The van der Waals surface area contributed by atoms with Crippen molar-refractivity contribution in [2.45, 2.75) is 12.8 Å². The SMILES string of the molecule is C=CCN(CCO)CCCC(=O)N1CCOCC1. The molecule has 1 heterocycles. The van der Waals surface area contributed by atoms with Crippen molar-refractivity contribution in [2.75, 3.05) is 52.5 Å². The van der Waals surface area contributed by atoms with Gasteiger partial charge < -0.3 is 14.7 Å². The minimum atomic E-state index is 0.144. The van der Waals surface area contributed by atoms with E-state index in [2.05, 4.69) is 11.5 Å². The first kappa shape index (κ1) is 15.1. The number of hydrogen-bond donors (Lipinski definition) is 1. The van der Waals surface area contributed by atoms with Crippen molar-refractivity contribution in [3.63, 3.8) is 0 Å². The lowest BCUT2D eigenvalue weighted by Crippen LogP contribution is -2.41. The van der Waals surface area contributed by atoms with Crippen molar-refractivity contribution in [3.05, 3.63) is 12.7 Å². The number of hydrogen-bond acceptors (Lipinski definition) is 4. The molecule has 104 valence electrons. The molecule has 1 N–H and O–H groups in total. The van der Waals surface area contributed by atoms with Crippen LogP contribution >= 0.6 is 0 Å². The monoisotopic (exact) mass is 256 g/mol. The fourth-order valence-electron chi connectivity index (χ4n) is 2.04. The molecule has 0 aromatic carbocycles. The zero-order valence-corrected chi connectivity index (χ0v) is 11.0. The highest BCUT2D eigenvalue weighted by molar-refractivity contribution is 5.76. The first-order valence-corrected chi connectivity index (χ1v) is 6.57. The fourth-order valence-corrected chi connectivity index (χ4v) is 2.04.